The summed E-state index contributed by atoms with van der Waals surface area (Å²) in [6, 6.07) is 0. The van der Waals surface area contributed by atoms with Crippen molar-refractivity contribution in [3.8, 4) is 5.75 Å². The molecule has 1 aromatic rings. The molecule has 1 aliphatic carbocycles. The molecule has 17 heavy (non-hydrogen) atoms. The largest absolute Gasteiger partial charge is 0.482 e. The minimum Gasteiger partial charge on any atom is -0.482 e. The third-order valence-electron chi connectivity index (χ3n) is 3.78. The number of hydrogen-bond acceptors (Lipinski definition) is 3. The first-order valence-electron chi connectivity index (χ1n) is 5.96. The molecular weight excluding hydrogens is 220 g/mol. The summed E-state index contributed by atoms with van der Waals surface area (Å²) in [5.41, 5.74) is 0.796. The van der Waals surface area contributed by atoms with Crippen molar-refractivity contribution >= 4 is 11.7 Å². The van der Waals surface area contributed by atoms with Crippen molar-refractivity contribution in [2.45, 2.75) is 31.3 Å². The van der Waals surface area contributed by atoms with E-state index in [1.807, 2.05) is 11.9 Å². The number of carboxylic acid groups (broad SMARTS) is 1. The predicted octanol–water partition coefficient (Wildman–Crippen LogP) is 1.85. The Balaban J connectivity index is 2.00. The molecule has 2 aliphatic rings. The maximum Gasteiger partial charge on any atom is 0.354 e. The Labute approximate surface area is 99.4 Å². The van der Waals surface area contributed by atoms with Gasteiger partial charge in [-0.15, -0.1) is 0 Å². The van der Waals surface area contributed by atoms with Gasteiger partial charge >= 0.3 is 5.97 Å². The zero-order chi connectivity index (χ0) is 12.0. The summed E-state index contributed by atoms with van der Waals surface area (Å²) < 4.78 is 6.05. The lowest BCUT2D eigenvalue weighted by molar-refractivity contribution is 0.0674. The number of aromatic nitrogens is 1. The van der Waals surface area contributed by atoms with E-state index in [0.717, 1.165) is 19.4 Å². The van der Waals surface area contributed by atoms with Gasteiger partial charge in [0, 0.05) is 13.2 Å². The first-order valence-corrected chi connectivity index (χ1v) is 5.96. The van der Waals surface area contributed by atoms with E-state index in [1.54, 1.807) is 6.20 Å². The van der Waals surface area contributed by atoms with Crippen LogP contribution in [0.2, 0.25) is 0 Å². The second-order valence-electron chi connectivity index (χ2n) is 5.03. The summed E-state index contributed by atoms with van der Waals surface area (Å²) in [6.45, 7) is 0.776. The van der Waals surface area contributed by atoms with Crippen molar-refractivity contribution in [3.05, 3.63) is 11.9 Å². The van der Waals surface area contributed by atoms with Gasteiger partial charge in [-0.05, 0) is 25.7 Å². The second kappa shape index (κ2) is 3.42. The van der Waals surface area contributed by atoms with Crippen molar-refractivity contribution in [2.75, 3.05) is 18.5 Å². The highest BCUT2D eigenvalue weighted by Gasteiger charge is 2.42. The van der Waals surface area contributed by atoms with E-state index >= 15 is 0 Å². The number of likely N-dealkylation sites (N-methyl/N-ethyl adjacent to an activating group) is 1. The lowest BCUT2D eigenvalue weighted by atomic mass is 9.99. The lowest BCUT2D eigenvalue weighted by Gasteiger charge is -2.40. The van der Waals surface area contributed by atoms with Gasteiger partial charge in [-0.2, -0.15) is 0 Å². The van der Waals surface area contributed by atoms with Crippen LogP contribution in [-0.4, -0.2) is 35.3 Å². The van der Waals surface area contributed by atoms with Gasteiger partial charge in [0.1, 0.15) is 11.3 Å². The Hall–Kier alpha value is -1.65. The molecule has 0 bridgehead atoms. The van der Waals surface area contributed by atoms with Crippen LogP contribution in [0.1, 0.15) is 36.2 Å². The summed E-state index contributed by atoms with van der Waals surface area (Å²) >= 11 is 0. The second-order valence-corrected chi connectivity index (χ2v) is 5.03. The summed E-state index contributed by atoms with van der Waals surface area (Å²) in [7, 11) is 1.93. The van der Waals surface area contributed by atoms with Gasteiger partial charge in [0.2, 0.25) is 0 Å². The van der Waals surface area contributed by atoms with Crippen LogP contribution in [0.5, 0.6) is 5.75 Å². The fraction of sp³-hybridized carbons (Fsp3) is 0.583. The third kappa shape index (κ3) is 1.49. The van der Waals surface area contributed by atoms with Crippen molar-refractivity contribution in [1.82, 2.24) is 4.98 Å². The molecule has 0 amide bonds. The number of fused-ring (bicyclic) bond motifs is 1. The Morgan fingerprint density at radius 1 is 1.53 bits per heavy atom. The van der Waals surface area contributed by atoms with Crippen LogP contribution in [0.15, 0.2) is 6.20 Å². The number of nitrogens with zero attached hydrogens (tertiary/aromatic N) is 1. The smallest absolute Gasteiger partial charge is 0.354 e. The van der Waals surface area contributed by atoms with Crippen molar-refractivity contribution < 1.29 is 14.6 Å². The molecule has 5 heteroatoms. The van der Waals surface area contributed by atoms with Crippen LogP contribution in [0.4, 0.5) is 5.69 Å². The monoisotopic (exact) mass is 236 g/mol. The maximum atomic E-state index is 11.1. The highest BCUT2D eigenvalue weighted by atomic mass is 16.5. The number of aromatic amines is 1. The van der Waals surface area contributed by atoms with Gasteiger partial charge in [0.15, 0.2) is 11.4 Å². The zero-order valence-corrected chi connectivity index (χ0v) is 9.82. The van der Waals surface area contributed by atoms with Gasteiger partial charge in [-0.3, -0.25) is 0 Å². The molecule has 1 spiro atoms. The molecule has 1 aromatic heterocycles. The first-order chi connectivity index (χ1) is 8.11. The fourth-order valence-electron chi connectivity index (χ4n) is 3.07. The van der Waals surface area contributed by atoms with E-state index in [9.17, 15) is 4.79 Å². The normalized spacial score (nSPS) is 21.4. The van der Waals surface area contributed by atoms with E-state index < -0.39 is 5.97 Å². The molecule has 2 heterocycles. The summed E-state index contributed by atoms with van der Waals surface area (Å²) in [4.78, 5) is 15.9. The van der Waals surface area contributed by atoms with E-state index in [2.05, 4.69) is 4.98 Å². The summed E-state index contributed by atoms with van der Waals surface area (Å²) in [6.07, 6.45) is 6.17. The molecule has 0 saturated heterocycles. The molecule has 1 aliphatic heterocycles. The molecule has 0 aromatic carbocycles. The maximum absolute atomic E-state index is 11.1. The highest BCUT2D eigenvalue weighted by Crippen LogP contribution is 2.44. The van der Waals surface area contributed by atoms with Crippen LogP contribution >= 0.6 is 0 Å². The standard InChI is InChI=1S/C12H16N2O3/c1-14-7-12(4-2-3-5-12)17-8-6-13-9(10(8)14)11(15)16/h6,13H,2-5,7H2,1H3,(H,15,16). The van der Waals surface area contributed by atoms with Crippen molar-refractivity contribution in [1.29, 1.82) is 0 Å². The van der Waals surface area contributed by atoms with E-state index in [0.29, 0.717) is 11.4 Å². The SMILES string of the molecule is CN1CC2(CCCC2)Oc2c[nH]c(C(=O)O)c21. The van der Waals surface area contributed by atoms with Gasteiger partial charge in [-0.25, -0.2) is 4.79 Å². The quantitative estimate of drug-likeness (QED) is 0.781. The number of hydrogen-bond donors (Lipinski definition) is 2. The van der Waals surface area contributed by atoms with E-state index in [-0.39, 0.29) is 11.3 Å². The summed E-state index contributed by atoms with van der Waals surface area (Å²) in [5.74, 6) is -0.262. The zero-order valence-electron chi connectivity index (χ0n) is 9.82. The number of anilines is 1. The minimum absolute atomic E-state index is 0.0975. The summed E-state index contributed by atoms with van der Waals surface area (Å²) in [5, 5.41) is 9.09. The lowest BCUT2D eigenvalue weighted by Crippen LogP contribution is -2.47. The van der Waals surface area contributed by atoms with Crippen molar-refractivity contribution in [3.63, 3.8) is 0 Å². The Morgan fingerprint density at radius 2 is 2.24 bits per heavy atom. The van der Waals surface area contributed by atoms with Gasteiger partial charge in [0.25, 0.3) is 0 Å². The molecule has 2 N–H and O–H groups in total. The topological polar surface area (TPSA) is 65.6 Å². The van der Waals surface area contributed by atoms with Crippen LogP contribution in [0.3, 0.4) is 0 Å². The number of aromatic carboxylic acids is 1. The number of ether oxygens (including phenoxy) is 1. The molecular formula is C12H16N2O3. The minimum atomic E-state index is -0.941. The highest BCUT2D eigenvalue weighted by molar-refractivity contribution is 5.94. The first kappa shape index (κ1) is 10.5. The fourth-order valence-corrected chi connectivity index (χ4v) is 3.07. The van der Waals surface area contributed by atoms with Gasteiger partial charge < -0.3 is 19.7 Å². The van der Waals surface area contributed by atoms with E-state index in [1.165, 1.54) is 12.8 Å². The number of rotatable bonds is 1. The van der Waals surface area contributed by atoms with Gasteiger partial charge in [0.05, 0.1) is 6.54 Å². The molecule has 92 valence electrons. The molecule has 1 fully saturated rings. The molecule has 0 radical (unpaired) electrons. The molecule has 0 unspecified atom stereocenters. The predicted molar refractivity (Wildman–Crippen MR) is 62.8 cm³/mol. The Kier molecular flexibility index (Phi) is 2.11. The number of carboxylic acids is 1. The molecule has 1 saturated carbocycles. The van der Waals surface area contributed by atoms with Crippen molar-refractivity contribution in [2.24, 2.45) is 0 Å². The van der Waals surface area contributed by atoms with Crippen LogP contribution in [0, 0.1) is 0 Å². The Morgan fingerprint density at radius 3 is 2.88 bits per heavy atom. The third-order valence-corrected chi connectivity index (χ3v) is 3.78. The molecule has 5 nitrogen and oxygen atoms in total. The molecule has 0 atom stereocenters. The molecule has 3 rings (SSSR count). The van der Waals surface area contributed by atoms with Gasteiger partial charge in [-0.1, -0.05) is 0 Å². The average Bonchev–Trinajstić information content (AvgIpc) is 2.85. The van der Waals surface area contributed by atoms with Crippen LogP contribution in [-0.2, 0) is 0 Å². The van der Waals surface area contributed by atoms with Crippen LogP contribution in [0.25, 0.3) is 0 Å². The number of nitrogens with one attached hydrogen (secondary N) is 1. The Bertz CT molecular complexity index is 460. The van der Waals surface area contributed by atoms with E-state index in [4.69, 9.17) is 9.84 Å². The number of carbonyl (C=O) groups is 1. The number of H-pyrrole nitrogens is 1. The van der Waals surface area contributed by atoms with Crippen LogP contribution < -0.4 is 9.64 Å². The average molecular weight is 236 g/mol.